The molecule has 0 amide bonds. The Labute approximate surface area is 809 Å². The van der Waals surface area contributed by atoms with E-state index in [1.54, 1.807) is 116 Å². The molecule has 20 aromatic rings. The lowest BCUT2D eigenvalue weighted by Crippen LogP contribution is -2.40. The monoisotopic (exact) mass is 1970 g/mol. The molecule has 1 aliphatic rings. The van der Waals surface area contributed by atoms with Crippen molar-refractivity contribution in [2.75, 3.05) is 93.1 Å². The van der Waals surface area contributed by atoms with E-state index in [9.17, 15) is 21.6 Å². The van der Waals surface area contributed by atoms with E-state index in [4.69, 9.17) is 49.9 Å². The molecule has 0 spiro atoms. The van der Waals surface area contributed by atoms with Gasteiger partial charge in [-0.05, 0) is 203 Å². The summed E-state index contributed by atoms with van der Waals surface area (Å²) in [5, 5.41) is 26.2. The summed E-state index contributed by atoms with van der Waals surface area (Å²) in [4.78, 5) is 60.5. The van der Waals surface area contributed by atoms with E-state index in [1.807, 2.05) is 156 Å². The van der Waals surface area contributed by atoms with Crippen LogP contribution in [0.3, 0.4) is 0 Å². The third-order valence-corrected chi connectivity index (χ3v) is 27.7. The van der Waals surface area contributed by atoms with Gasteiger partial charge >= 0.3 is 6.18 Å². The topological polar surface area (TPSA) is 339 Å². The van der Waals surface area contributed by atoms with E-state index >= 15 is 0 Å². The molecule has 1 fully saturated rings. The van der Waals surface area contributed by atoms with E-state index in [2.05, 4.69) is 110 Å². The van der Waals surface area contributed by atoms with Crippen LogP contribution in [0.5, 0.6) is 51.7 Å². The first-order valence-corrected chi connectivity index (χ1v) is 48.9. The number of hydrogen-bond donors (Lipinski definition) is 5. The van der Waals surface area contributed by atoms with Gasteiger partial charge in [0.25, 0.3) is 0 Å². The highest BCUT2D eigenvalue weighted by Gasteiger charge is 2.35. The Kier molecular flexibility index (Phi) is 29.0. The van der Waals surface area contributed by atoms with Gasteiger partial charge in [-0.2, -0.15) is 13.2 Å². The van der Waals surface area contributed by atoms with E-state index in [1.165, 1.54) is 57.2 Å². The zero-order chi connectivity index (χ0) is 95.2. The number of aryl methyl sites for hydroxylation is 5. The number of aromatic nitrogens is 15. The van der Waals surface area contributed by atoms with Crippen LogP contribution in [0, 0.1) is 25.7 Å². The van der Waals surface area contributed by atoms with Crippen molar-refractivity contribution in [1.82, 2.24) is 78.1 Å². The molecule has 1 aliphatic heterocycles. The molecule has 7 aromatic carbocycles. The number of nitrogens with zero attached hydrogens (tertiary/aromatic N) is 16. The zero-order valence-electron chi connectivity index (χ0n) is 74.6. The normalized spacial score (nSPS) is 12.5. The number of benzene rings is 7. The van der Waals surface area contributed by atoms with E-state index in [0.29, 0.717) is 83.2 Å². The minimum absolute atomic E-state index is 0.189. The molecule has 21 rings (SSSR count). The number of pyridine rings is 2. The van der Waals surface area contributed by atoms with Crippen LogP contribution in [0.2, 0.25) is 5.02 Å². The van der Waals surface area contributed by atoms with Crippen LogP contribution in [0.15, 0.2) is 244 Å². The summed E-state index contributed by atoms with van der Waals surface area (Å²) in [6.07, 6.45) is 17.8. The van der Waals surface area contributed by atoms with Gasteiger partial charge in [0.15, 0.2) is 9.84 Å². The number of sulfone groups is 1. The molecule has 5 N–H and O–H groups in total. The van der Waals surface area contributed by atoms with Crippen molar-refractivity contribution in [1.29, 1.82) is 0 Å². The molecule has 0 bridgehead atoms. The summed E-state index contributed by atoms with van der Waals surface area (Å²) in [5.74, 6) is 13.9. The predicted octanol–water partition coefficient (Wildman–Crippen LogP) is 22.5. The number of aliphatic hydroxyl groups is 1. The standard InChI is InChI=1S/C27H28N6O3S2.C25H19F3N4O3S.C24H18ClN5O2S.C23H21N5O2S/c1-19-15-20(4-5-24(19)36-21-6-9-33-10-7-28-25(33)16-21)31-26-23-17-22(37-27(23)30-18-29-26)3-2-8-32-11-13-38(34,35)14-12-32;1-33-8-9-34-16-3-5-20-18(11-16)24(30-13-29-20)32-15-2-6-22(19(10-15)25(26,27)28)35-17-4-7-23-21(12-17)31-14-36-23;1-30-14-28-20-11-16(6-7-21(20)30)32-22-8-5-15(10-19(22)25)29-23-18-12-17(4-3-9-31-2)33-24(18)27-13-26-23;1-15-11-16(4-5-20(15)30-17-6-8-28-9-7-24-21(28)12-17)27-22-19-13-18(3-2-10-29)31-23(19)26-14-25-22/h4-7,9-10,15-18H,2-3,8,11-14H2,1H3,(H,29,30,31);2-7,10-14H,8-9H2,1H3,(H,29,30,32);5-8,10-14H,9H2,1-2H3,(H,26,27,29);4-9,11-14,29H,2-3,10H2,1H3,(H,25,26,27). The molecule has 39 heteroatoms. The van der Waals surface area contributed by atoms with Crippen LogP contribution < -0.4 is 45.0 Å². The van der Waals surface area contributed by atoms with Crippen LogP contribution in [0.25, 0.3) is 74.1 Å². The quantitative estimate of drug-likeness (QED) is 0.0225. The van der Waals surface area contributed by atoms with Gasteiger partial charge in [0, 0.05) is 140 Å². The molecule has 0 radical (unpaired) electrons. The Morgan fingerprint density at radius 3 is 1.62 bits per heavy atom. The second-order valence-electron chi connectivity index (χ2n) is 31.6. The van der Waals surface area contributed by atoms with Crippen LogP contribution in [0.4, 0.5) is 59.2 Å². The van der Waals surface area contributed by atoms with Gasteiger partial charge in [0.1, 0.15) is 145 Å². The molecule has 0 atom stereocenters. The highest BCUT2D eigenvalue weighted by Crippen LogP contribution is 2.44. The average molecular weight is 1970 g/mol. The summed E-state index contributed by atoms with van der Waals surface area (Å²) in [6, 6.07) is 51.1. The van der Waals surface area contributed by atoms with Gasteiger partial charge in [-0.15, -0.1) is 45.3 Å². The molecule has 0 aliphatic carbocycles. The lowest BCUT2D eigenvalue weighted by atomic mass is 10.1. The van der Waals surface area contributed by atoms with Crippen LogP contribution >= 0.6 is 56.9 Å². The van der Waals surface area contributed by atoms with Gasteiger partial charge < -0.3 is 77.8 Å². The summed E-state index contributed by atoms with van der Waals surface area (Å²) < 4.78 is 111. The zero-order valence-corrected chi connectivity index (χ0v) is 79.5. The minimum atomic E-state index is -4.64. The van der Waals surface area contributed by atoms with Crippen molar-refractivity contribution in [2.24, 2.45) is 7.05 Å². The highest BCUT2D eigenvalue weighted by atomic mass is 35.5. The Morgan fingerprint density at radius 2 is 1.02 bits per heavy atom. The number of halogens is 4. The first-order chi connectivity index (χ1) is 67.1. The summed E-state index contributed by atoms with van der Waals surface area (Å²) in [7, 11) is 2.31. The number of thiophene rings is 3. The summed E-state index contributed by atoms with van der Waals surface area (Å²) in [5.41, 5.74) is 10.4. The number of rotatable bonds is 28. The first-order valence-electron chi connectivity index (χ1n) is 43.3. The number of imidazole rings is 3. The largest absolute Gasteiger partial charge is 0.491 e. The van der Waals surface area contributed by atoms with Crippen molar-refractivity contribution in [3.8, 4) is 63.6 Å². The van der Waals surface area contributed by atoms with Crippen molar-refractivity contribution in [2.45, 2.75) is 45.7 Å². The van der Waals surface area contributed by atoms with Gasteiger partial charge in [-0.25, -0.2) is 68.2 Å². The third-order valence-electron chi connectivity index (χ3n) is 21.9. The summed E-state index contributed by atoms with van der Waals surface area (Å²) >= 11 is 12.8. The first kappa shape index (κ1) is 93.8. The van der Waals surface area contributed by atoms with E-state index in [-0.39, 0.29) is 35.3 Å². The predicted molar refractivity (Wildman–Crippen MR) is 536 cm³/mol. The molecular weight excluding hydrogens is 1880 g/mol. The molecule has 14 heterocycles. The average Bonchev–Trinajstić information content (AvgIpc) is 1.59. The molecule has 1 saturated heterocycles. The van der Waals surface area contributed by atoms with Crippen molar-refractivity contribution in [3.63, 3.8) is 0 Å². The molecule has 0 saturated carbocycles. The molecule has 138 heavy (non-hydrogen) atoms. The van der Waals surface area contributed by atoms with Crippen LogP contribution in [0.1, 0.15) is 44.2 Å². The van der Waals surface area contributed by atoms with E-state index < -0.39 is 21.6 Å². The second-order valence-corrected chi connectivity index (χ2v) is 38.4. The SMILES string of the molecule is COCC#Cc1cc2c(Nc3ccc(Oc4ccc5c(c4)ncn5C)c(Cl)c3)ncnc2s1.COCCOc1ccc2ncnc(Nc3ccc(Oc4ccc5scnc5c4)c(C(F)(F)F)c3)c2c1.Cc1cc(Nc2ncnc3sc(CCCN4CCS(=O)(=O)CC4)cc23)ccc1Oc1ccn2ccnc2c1.Cc1cc(Nc2ncnc3sc(CCCO)cc23)ccc1Oc1ccn2ccnc2c1. The van der Waals surface area contributed by atoms with E-state index in [0.717, 1.165) is 164 Å². The number of alkyl halides is 3. The van der Waals surface area contributed by atoms with Crippen molar-refractivity contribution in [3.05, 3.63) is 281 Å². The Balaban J connectivity index is 0.000000123. The molecular formula is C99H86ClF3N20O10S5. The second kappa shape index (κ2) is 42.7. The Bertz CT molecular complexity index is 7970. The van der Waals surface area contributed by atoms with Crippen LogP contribution in [-0.4, -0.2) is 163 Å². The van der Waals surface area contributed by atoms with Gasteiger partial charge in [-0.1, -0.05) is 23.4 Å². The van der Waals surface area contributed by atoms with Crippen LogP contribution in [-0.2, 0) is 45.4 Å². The van der Waals surface area contributed by atoms with Gasteiger partial charge in [0.2, 0.25) is 0 Å². The fraction of sp³-hybridized carbons (Fsp3) is 0.192. The Morgan fingerprint density at radius 1 is 0.493 bits per heavy atom. The maximum atomic E-state index is 14.0. The number of aliphatic hydroxyl groups excluding tert-OH is 1. The molecule has 13 aromatic heterocycles. The third kappa shape index (κ3) is 23.2. The number of ether oxygens (including phenoxy) is 7. The van der Waals surface area contributed by atoms with Gasteiger partial charge in [-0.3, -0.25) is 0 Å². The smallest absolute Gasteiger partial charge is 0.420 e. The maximum absolute atomic E-state index is 14.0. The molecule has 30 nitrogen and oxygen atoms in total. The minimum Gasteiger partial charge on any atom is -0.491 e. The fourth-order valence-corrected chi connectivity index (χ4v) is 20.1. The van der Waals surface area contributed by atoms with Gasteiger partial charge in [0.05, 0.1) is 82.8 Å². The molecule has 0 unspecified atom stereocenters. The lowest BCUT2D eigenvalue weighted by Gasteiger charge is -2.26. The molecule has 700 valence electrons. The van der Waals surface area contributed by atoms with Crippen molar-refractivity contribution >= 4 is 187 Å². The summed E-state index contributed by atoms with van der Waals surface area (Å²) in [6.45, 7) is 7.55. The number of thiazole rings is 1. The number of anilines is 8. The highest BCUT2D eigenvalue weighted by molar-refractivity contribution is 7.91. The number of nitrogens with one attached hydrogen (secondary N) is 4. The Hall–Kier alpha value is -14.6. The van der Waals surface area contributed by atoms with Crippen molar-refractivity contribution < 1.29 is 59.9 Å². The maximum Gasteiger partial charge on any atom is 0.420 e. The number of fused-ring (bicyclic) bond motifs is 8. The lowest BCUT2D eigenvalue weighted by molar-refractivity contribution is -0.138. The number of hydrogen-bond acceptors (Lipinski definition) is 31. The fourth-order valence-electron chi connectivity index (χ4n) is 14.9. The number of methoxy groups -OCH3 is 2.